The first-order valence-electron chi connectivity index (χ1n) is 7.68. The molecule has 1 atom stereocenters. The summed E-state index contributed by atoms with van der Waals surface area (Å²) >= 11 is 6.06. The minimum atomic E-state index is 0.167. The molecular formula is C17H25ClN2O. The Morgan fingerprint density at radius 1 is 1.43 bits per heavy atom. The molecule has 3 nitrogen and oxygen atoms in total. The minimum Gasteiger partial charge on any atom is -0.343 e. The zero-order chi connectivity index (χ0) is 15.4. The van der Waals surface area contributed by atoms with Gasteiger partial charge in [0, 0.05) is 44.7 Å². The fourth-order valence-electron chi connectivity index (χ4n) is 3.05. The minimum absolute atomic E-state index is 0.167. The van der Waals surface area contributed by atoms with E-state index in [1.165, 1.54) is 5.56 Å². The van der Waals surface area contributed by atoms with Crippen LogP contribution in [-0.4, -0.2) is 48.4 Å². The predicted molar refractivity (Wildman–Crippen MR) is 87.8 cm³/mol. The van der Waals surface area contributed by atoms with Crippen LogP contribution in [-0.2, 0) is 4.79 Å². The van der Waals surface area contributed by atoms with E-state index in [0.717, 1.165) is 37.5 Å². The molecule has 0 radical (unpaired) electrons. The number of piperidine rings is 1. The standard InChI is InChI=1S/C17H25ClN2O/c1-13(15-5-4-6-16(18)11-15)12-20-9-7-17(8-10-20)19(3)14(2)21/h4-6,11,13,17H,7-10,12H2,1-3H3. The number of nitrogens with zero attached hydrogens (tertiary/aromatic N) is 2. The molecule has 0 aromatic heterocycles. The quantitative estimate of drug-likeness (QED) is 0.851. The third kappa shape index (κ3) is 4.45. The van der Waals surface area contributed by atoms with Gasteiger partial charge >= 0.3 is 0 Å². The fourth-order valence-corrected chi connectivity index (χ4v) is 3.25. The smallest absolute Gasteiger partial charge is 0.219 e. The molecule has 0 aliphatic carbocycles. The zero-order valence-corrected chi connectivity index (χ0v) is 13.9. The molecule has 1 amide bonds. The van der Waals surface area contributed by atoms with Crippen LogP contribution in [0.25, 0.3) is 0 Å². The average Bonchev–Trinajstić information content (AvgIpc) is 2.47. The Morgan fingerprint density at radius 2 is 2.10 bits per heavy atom. The molecule has 1 aliphatic heterocycles. The third-order valence-corrected chi connectivity index (χ3v) is 4.79. The molecule has 1 unspecified atom stereocenters. The fraction of sp³-hybridized carbons (Fsp3) is 0.588. The summed E-state index contributed by atoms with van der Waals surface area (Å²) in [7, 11) is 1.91. The molecule has 0 N–H and O–H groups in total. The van der Waals surface area contributed by atoms with Crippen LogP contribution in [0.3, 0.4) is 0 Å². The molecule has 1 aliphatic rings. The first-order chi connectivity index (χ1) is 9.97. The number of likely N-dealkylation sites (tertiary alicyclic amines) is 1. The highest BCUT2D eigenvalue weighted by molar-refractivity contribution is 6.30. The Kier molecular flexibility index (Phi) is 5.65. The summed E-state index contributed by atoms with van der Waals surface area (Å²) in [6, 6.07) is 8.54. The second kappa shape index (κ2) is 7.28. The summed E-state index contributed by atoms with van der Waals surface area (Å²) in [6.07, 6.45) is 2.14. The van der Waals surface area contributed by atoms with Crippen LogP contribution < -0.4 is 0 Å². The highest BCUT2D eigenvalue weighted by atomic mass is 35.5. The van der Waals surface area contributed by atoms with E-state index in [2.05, 4.69) is 24.0 Å². The van der Waals surface area contributed by atoms with Crippen LogP contribution in [0.15, 0.2) is 24.3 Å². The first-order valence-corrected chi connectivity index (χ1v) is 8.06. The van der Waals surface area contributed by atoms with Crippen molar-refractivity contribution in [1.29, 1.82) is 0 Å². The molecule has 116 valence electrons. The van der Waals surface area contributed by atoms with Gasteiger partial charge in [0.05, 0.1) is 0 Å². The van der Waals surface area contributed by atoms with Gasteiger partial charge in [0.1, 0.15) is 0 Å². The molecule has 2 rings (SSSR count). The molecule has 1 aromatic carbocycles. The summed E-state index contributed by atoms with van der Waals surface area (Å²) < 4.78 is 0. The van der Waals surface area contributed by atoms with E-state index in [1.54, 1.807) is 6.92 Å². The van der Waals surface area contributed by atoms with Gasteiger partial charge in [-0.2, -0.15) is 0 Å². The molecule has 0 saturated carbocycles. The van der Waals surface area contributed by atoms with Crippen LogP contribution in [0.2, 0.25) is 5.02 Å². The van der Waals surface area contributed by atoms with Crippen LogP contribution in [0.5, 0.6) is 0 Å². The van der Waals surface area contributed by atoms with Gasteiger partial charge in [-0.25, -0.2) is 0 Å². The molecule has 1 saturated heterocycles. The lowest BCUT2D eigenvalue weighted by Gasteiger charge is -2.37. The van der Waals surface area contributed by atoms with E-state index in [4.69, 9.17) is 11.6 Å². The van der Waals surface area contributed by atoms with Crippen LogP contribution in [0.4, 0.5) is 0 Å². The van der Waals surface area contributed by atoms with E-state index < -0.39 is 0 Å². The lowest BCUT2D eigenvalue weighted by atomic mass is 9.98. The van der Waals surface area contributed by atoms with Gasteiger partial charge in [0.25, 0.3) is 0 Å². The number of carbonyl (C=O) groups is 1. The maximum Gasteiger partial charge on any atom is 0.219 e. The molecule has 1 heterocycles. The van der Waals surface area contributed by atoms with Crippen molar-refractivity contribution in [1.82, 2.24) is 9.80 Å². The monoisotopic (exact) mass is 308 g/mol. The number of rotatable bonds is 4. The van der Waals surface area contributed by atoms with Gasteiger partial charge in [0.2, 0.25) is 5.91 Å². The predicted octanol–water partition coefficient (Wildman–Crippen LogP) is 3.39. The first kappa shape index (κ1) is 16.3. The number of benzene rings is 1. The highest BCUT2D eigenvalue weighted by Crippen LogP contribution is 2.23. The van der Waals surface area contributed by atoms with Crippen molar-refractivity contribution in [2.45, 2.75) is 38.6 Å². The summed E-state index contributed by atoms with van der Waals surface area (Å²) in [6.45, 7) is 7.07. The Hall–Kier alpha value is -1.06. The van der Waals surface area contributed by atoms with Gasteiger partial charge < -0.3 is 9.80 Å². The number of halogens is 1. The number of hydrogen-bond acceptors (Lipinski definition) is 2. The van der Waals surface area contributed by atoms with Gasteiger partial charge in [-0.3, -0.25) is 4.79 Å². The van der Waals surface area contributed by atoms with Crippen molar-refractivity contribution < 1.29 is 4.79 Å². The topological polar surface area (TPSA) is 23.6 Å². The van der Waals surface area contributed by atoms with Crippen molar-refractivity contribution in [3.05, 3.63) is 34.9 Å². The molecule has 0 spiro atoms. The lowest BCUT2D eigenvalue weighted by Crippen LogP contribution is -2.45. The van der Waals surface area contributed by atoms with E-state index in [9.17, 15) is 4.79 Å². The van der Waals surface area contributed by atoms with E-state index in [-0.39, 0.29) is 5.91 Å². The van der Waals surface area contributed by atoms with Crippen molar-refractivity contribution in [2.75, 3.05) is 26.7 Å². The Bertz CT molecular complexity index is 483. The van der Waals surface area contributed by atoms with Crippen molar-refractivity contribution in [2.24, 2.45) is 0 Å². The summed E-state index contributed by atoms with van der Waals surface area (Å²) in [5.74, 6) is 0.645. The summed E-state index contributed by atoms with van der Waals surface area (Å²) in [5.41, 5.74) is 1.30. The van der Waals surface area contributed by atoms with Gasteiger partial charge in [-0.05, 0) is 36.5 Å². The average molecular weight is 309 g/mol. The second-order valence-corrected chi connectivity index (χ2v) is 6.55. The van der Waals surface area contributed by atoms with Crippen molar-refractivity contribution in [3.8, 4) is 0 Å². The van der Waals surface area contributed by atoms with Crippen molar-refractivity contribution in [3.63, 3.8) is 0 Å². The summed E-state index contributed by atoms with van der Waals surface area (Å²) in [4.78, 5) is 15.8. The van der Waals surface area contributed by atoms with Crippen molar-refractivity contribution >= 4 is 17.5 Å². The lowest BCUT2D eigenvalue weighted by molar-refractivity contribution is -0.130. The molecule has 1 aromatic rings. The Morgan fingerprint density at radius 3 is 2.67 bits per heavy atom. The molecule has 4 heteroatoms. The van der Waals surface area contributed by atoms with Gasteiger partial charge in [-0.15, -0.1) is 0 Å². The number of hydrogen-bond donors (Lipinski definition) is 0. The van der Waals surface area contributed by atoms with E-state index in [1.807, 2.05) is 24.1 Å². The number of amides is 1. The SMILES string of the molecule is CC(=O)N(C)C1CCN(CC(C)c2cccc(Cl)c2)CC1. The molecule has 1 fully saturated rings. The van der Waals surface area contributed by atoms with Gasteiger partial charge in [0.15, 0.2) is 0 Å². The van der Waals surface area contributed by atoms with E-state index in [0.29, 0.717) is 12.0 Å². The number of carbonyl (C=O) groups excluding carboxylic acids is 1. The normalized spacial score (nSPS) is 18.5. The Labute approximate surface area is 132 Å². The molecule has 0 bridgehead atoms. The largest absolute Gasteiger partial charge is 0.343 e. The third-order valence-electron chi connectivity index (χ3n) is 4.55. The van der Waals surface area contributed by atoms with Gasteiger partial charge in [-0.1, -0.05) is 30.7 Å². The highest BCUT2D eigenvalue weighted by Gasteiger charge is 2.24. The van der Waals surface area contributed by atoms with E-state index >= 15 is 0 Å². The Balaban J connectivity index is 1.84. The maximum absolute atomic E-state index is 11.4. The maximum atomic E-state index is 11.4. The molecule has 21 heavy (non-hydrogen) atoms. The van der Waals surface area contributed by atoms with Crippen LogP contribution in [0.1, 0.15) is 38.2 Å². The summed E-state index contributed by atoms with van der Waals surface area (Å²) in [5, 5.41) is 0.807. The second-order valence-electron chi connectivity index (χ2n) is 6.12. The van der Waals surface area contributed by atoms with Crippen LogP contribution in [0, 0.1) is 0 Å². The zero-order valence-electron chi connectivity index (χ0n) is 13.2. The van der Waals surface area contributed by atoms with Crippen LogP contribution >= 0.6 is 11.6 Å². The molecular weight excluding hydrogens is 284 g/mol.